The quantitative estimate of drug-likeness (QED) is 0.727. The number of hydrogen-bond acceptors (Lipinski definition) is 4. The van der Waals surface area contributed by atoms with Crippen molar-refractivity contribution in [2.45, 2.75) is 19.6 Å². The number of benzene rings is 2. The summed E-state index contributed by atoms with van der Waals surface area (Å²) in [6.07, 6.45) is 0. The molecule has 0 saturated carbocycles. The van der Waals surface area contributed by atoms with Gasteiger partial charge < -0.3 is 9.80 Å². The third-order valence-corrected chi connectivity index (χ3v) is 7.39. The molecule has 0 aliphatic carbocycles. The highest BCUT2D eigenvalue weighted by Crippen LogP contribution is 2.22. The van der Waals surface area contributed by atoms with Crippen molar-refractivity contribution in [3.63, 3.8) is 0 Å². The summed E-state index contributed by atoms with van der Waals surface area (Å²) in [5.74, 6) is 0.0190. The molecule has 1 aliphatic heterocycles. The van der Waals surface area contributed by atoms with E-state index in [0.29, 0.717) is 26.2 Å². The fourth-order valence-electron chi connectivity index (χ4n) is 3.63. The van der Waals surface area contributed by atoms with Gasteiger partial charge in [-0.3, -0.25) is 4.79 Å². The van der Waals surface area contributed by atoms with E-state index in [1.165, 1.54) is 15.4 Å². The van der Waals surface area contributed by atoms with Crippen LogP contribution in [0.5, 0.6) is 0 Å². The average molecular weight is 416 g/mol. The molecule has 6 nitrogen and oxygen atoms in total. The van der Waals surface area contributed by atoms with E-state index in [0.717, 1.165) is 11.3 Å². The maximum atomic E-state index is 12.7. The highest BCUT2D eigenvalue weighted by molar-refractivity contribution is 7.88. The van der Waals surface area contributed by atoms with E-state index < -0.39 is 10.0 Å². The van der Waals surface area contributed by atoms with Gasteiger partial charge in [0.1, 0.15) is 0 Å². The number of nitrogens with zero attached hydrogens (tertiary/aromatic N) is 3. The summed E-state index contributed by atoms with van der Waals surface area (Å²) in [7, 11) is -1.46. The van der Waals surface area contributed by atoms with Crippen molar-refractivity contribution in [2.75, 3.05) is 44.7 Å². The summed E-state index contributed by atoms with van der Waals surface area (Å²) in [6.45, 7) is 5.93. The summed E-state index contributed by atoms with van der Waals surface area (Å²) >= 11 is 0. The highest BCUT2D eigenvalue weighted by atomic mass is 32.2. The molecule has 156 valence electrons. The first kappa shape index (κ1) is 21.3. The third kappa shape index (κ3) is 5.16. The van der Waals surface area contributed by atoms with Crippen molar-refractivity contribution < 1.29 is 13.2 Å². The van der Waals surface area contributed by atoms with Crippen molar-refractivity contribution in [1.29, 1.82) is 0 Å². The molecule has 1 saturated heterocycles. The van der Waals surface area contributed by atoms with Crippen molar-refractivity contribution in [2.24, 2.45) is 0 Å². The van der Waals surface area contributed by atoms with Gasteiger partial charge in [-0.2, -0.15) is 4.31 Å². The predicted octanol–water partition coefficient (Wildman–Crippen LogP) is 2.41. The van der Waals surface area contributed by atoms with Crippen LogP contribution in [-0.2, 0) is 20.6 Å². The number of hydrogen-bond donors (Lipinski definition) is 0. The van der Waals surface area contributed by atoms with Crippen LogP contribution in [0, 0.1) is 13.8 Å². The average Bonchev–Trinajstić information content (AvgIpc) is 2.70. The number of amides is 1. The molecule has 0 aromatic heterocycles. The lowest BCUT2D eigenvalue weighted by atomic mass is 10.1. The number of carbonyl (C=O) groups excluding carboxylic acids is 1. The second-order valence-electron chi connectivity index (χ2n) is 7.60. The maximum absolute atomic E-state index is 12.7. The molecule has 0 unspecified atom stereocenters. The minimum atomic E-state index is -3.38. The van der Waals surface area contributed by atoms with E-state index in [1.807, 2.05) is 54.4 Å². The highest BCUT2D eigenvalue weighted by Gasteiger charge is 2.29. The smallest absolute Gasteiger partial charge is 0.242 e. The second kappa shape index (κ2) is 8.97. The van der Waals surface area contributed by atoms with Crippen LogP contribution in [0.4, 0.5) is 5.69 Å². The van der Waals surface area contributed by atoms with Gasteiger partial charge in [0.2, 0.25) is 15.9 Å². The Morgan fingerprint density at radius 3 is 2.28 bits per heavy atom. The number of rotatable bonds is 6. The number of carbonyl (C=O) groups is 1. The maximum Gasteiger partial charge on any atom is 0.242 e. The molecule has 3 rings (SSSR count). The Morgan fingerprint density at radius 2 is 1.62 bits per heavy atom. The summed E-state index contributed by atoms with van der Waals surface area (Å²) in [5.41, 5.74) is 4.18. The Kier molecular flexibility index (Phi) is 6.59. The van der Waals surface area contributed by atoms with E-state index >= 15 is 0 Å². The molecule has 0 radical (unpaired) electrons. The van der Waals surface area contributed by atoms with Crippen LogP contribution < -0.4 is 4.90 Å². The van der Waals surface area contributed by atoms with Crippen LogP contribution in [0.2, 0.25) is 0 Å². The fraction of sp³-hybridized carbons (Fsp3) is 0.409. The fourth-order valence-corrected chi connectivity index (χ4v) is 5.14. The minimum Gasteiger partial charge on any atom is -0.365 e. The van der Waals surface area contributed by atoms with Gasteiger partial charge in [0.15, 0.2) is 0 Å². The van der Waals surface area contributed by atoms with Crippen molar-refractivity contribution >= 4 is 21.6 Å². The van der Waals surface area contributed by atoms with Gasteiger partial charge in [-0.25, -0.2) is 8.42 Å². The first-order valence-electron chi connectivity index (χ1n) is 9.85. The lowest BCUT2D eigenvalue weighted by Crippen LogP contribution is -2.52. The van der Waals surface area contributed by atoms with E-state index in [4.69, 9.17) is 0 Å². The molecule has 0 bridgehead atoms. The number of aryl methyl sites for hydroxylation is 1. The summed E-state index contributed by atoms with van der Waals surface area (Å²) < 4.78 is 26.9. The SMILES string of the molecule is Cc1cccc(N(C)CC(=O)N2CCN(S(=O)(=O)Cc3ccccc3)CC2)c1C. The van der Waals surface area contributed by atoms with Crippen molar-refractivity contribution in [1.82, 2.24) is 9.21 Å². The Morgan fingerprint density at radius 1 is 0.966 bits per heavy atom. The molecule has 1 amide bonds. The molecule has 0 spiro atoms. The molecule has 2 aromatic rings. The zero-order valence-corrected chi connectivity index (χ0v) is 18.2. The summed E-state index contributed by atoms with van der Waals surface area (Å²) in [6, 6.07) is 15.3. The van der Waals surface area contributed by atoms with Gasteiger partial charge in [-0.15, -0.1) is 0 Å². The van der Waals surface area contributed by atoms with Gasteiger partial charge in [0.05, 0.1) is 12.3 Å². The van der Waals surface area contributed by atoms with Crippen LogP contribution >= 0.6 is 0 Å². The van der Waals surface area contributed by atoms with E-state index in [2.05, 4.69) is 19.9 Å². The van der Waals surface area contributed by atoms with E-state index in [-0.39, 0.29) is 18.2 Å². The molecule has 1 fully saturated rings. The number of anilines is 1. The summed E-state index contributed by atoms with van der Waals surface area (Å²) in [4.78, 5) is 16.5. The molecule has 7 heteroatoms. The Balaban J connectivity index is 1.56. The van der Waals surface area contributed by atoms with Crippen molar-refractivity contribution in [3.8, 4) is 0 Å². The monoisotopic (exact) mass is 415 g/mol. The molecule has 2 aromatic carbocycles. The molecular formula is C22H29N3O3S. The van der Waals surface area contributed by atoms with Crippen LogP contribution in [-0.4, -0.2) is 63.3 Å². The lowest BCUT2D eigenvalue weighted by molar-refractivity contribution is -0.130. The second-order valence-corrected chi connectivity index (χ2v) is 9.57. The van der Waals surface area contributed by atoms with E-state index in [9.17, 15) is 13.2 Å². The van der Waals surface area contributed by atoms with Crippen LogP contribution in [0.15, 0.2) is 48.5 Å². The molecule has 29 heavy (non-hydrogen) atoms. The third-order valence-electron chi connectivity index (χ3n) is 5.54. The Bertz CT molecular complexity index is 953. The molecule has 0 N–H and O–H groups in total. The molecular weight excluding hydrogens is 386 g/mol. The Hall–Kier alpha value is -2.38. The van der Waals surface area contributed by atoms with Crippen molar-refractivity contribution in [3.05, 3.63) is 65.2 Å². The van der Waals surface area contributed by atoms with Gasteiger partial charge in [-0.1, -0.05) is 42.5 Å². The topological polar surface area (TPSA) is 60.9 Å². The van der Waals surface area contributed by atoms with Crippen LogP contribution in [0.1, 0.15) is 16.7 Å². The van der Waals surface area contributed by atoms with E-state index in [1.54, 1.807) is 4.90 Å². The van der Waals surface area contributed by atoms with Gasteiger partial charge in [-0.05, 0) is 36.6 Å². The summed E-state index contributed by atoms with van der Waals surface area (Å²) in [5, 5.41) is 0. The molecule has 0 atom stereocenters. The molecule has 1 aliphatic rings. The minimum absolute atomic E-state index is 0.00282. The standard InChI is InChI=1S/C22H29N3O3S/c1-18-8-7-11-21(19(18)2)23(3)16-22(26)24-12-14-25(15-13-24)29(27,28)17-20-9-5-4-6-10-20/h4-11H,12-17H2,1-3H3. The Labute approximate surface area is 173 Å². The zero-order chi connectivity index (χ0) is 21.0. The predicted molar refractivity (Wildman–Crippen MR) is 116 cm³/mol. The largest absolute Gasteiger partial charge is 0.365 e. The normalized spacial score (nSPS) is 15.3. The van der Waals surface area contributed by atoms with Gasteiger partial charge in [0.25, 0.3) is 0 Å². The van der Waals surface area contributed by atoms with Gasteiger partial charge >= 0.3 is 0 Å². The molecule has 1 heterocycles. The number of piperazine rings is 1. The van der Waals surface area contributed by atoms with Gasteiger partial charge in [0, 0.05) is 38.9 Å². The zero-order valence-electron chi connectivity index (χ0n) is 17.3. The van der Waals surface area contributed by atoms with Crippen LogP contribution in [0.3, 0.4) is 0 Å². The first-order valence-corrected chi connectivity index (χ1v) is 11.5. The first-order chi connectivity index (χ1) is 13.8. The lowest BCUT2D eigenvalue weighted by Gasteiger charge is -2.35. The number of sulfonamides is 1. The van der Waals surface area contributed by atoms with Crippen LogP contribution in [0.25, 0.3) is 0 Å². The number of likely N-dealkylation sites (N-methyl/N-ethyl adjacent to an activating group) is 1.